The van der Waals surface area contributed by atoms with Crippen LogP contribution in [0.3, 0.4) is 0 Å². The van der Waals surface area contributed by atoms with Crippen molar-refractivity contribution in [2.24, 2.45) is 0 Å². The molecule has 16 heavy (non-hydrogen) atoms. The van der Waals surface area contributed by atoms with Crippen LogP contribution in [0.25, 0.3) is 5.69 Å². The molecule has 1 aromatic heterocycles. The molecule has 0 atom stereocenters. The smallest absolute Gasteiger partial charge is 0.0886 e. The second-order valence-electron chi connectivity index (χ2n) is 3.78. The SMILES string of the molecule is Cc1ccc(Cl)cc1-n1nc(CO)cc1C. The first-order valence-electron chi connectivity index (χ1n) is 5.04. The van der Waals surface area contributed by atoms with Gasteiger partial charge in [-0.1, -0.05) is 17.7 Å². The molecule has 0 aliphatic rings. The normalized spacial score (nSPS) is 10.8. The standard InChI is InChI=1S/C12H13ClN2O/c1-8-3-4-10(13)6-12(8)15-9(2)5-11(7-16)14-15/h3-6,16H,7H2,1-2H3. The summed E-state index contributed by atoms with van der Waals surface area (Å²) in [6.07, 6.45) is 0. The third-order valence-corrected chi connectivity index (χ3v) is 2.73. The molecule has 0 radical (unpaired) electrons. The van der Waals surface area contributed by atoms with E-state index in [0.717, 1.165) is 16.9 Å². The molecule has 0 amide bonds. The maximum atomic E-state index is 9.04. The van der Waals surface area contributed by atoms with Gasteiger partial charge >= 0.3 is 0 Å². The zero-order valence-electron chi connectivity index (χ0n) is 9.24. The molecule has 1 N–H and O–H groups in total. The lowest BCUT2D eigenvalue weighted by molar-refractivity contribution is 0.276. The van der Waals surface area contributed by atoms with Crippen LogP contribution in [0.5, 0.6) is 0 Å². The Morgan fingerprint density at radius 3 is 2.69 bits per heavy atom. The summed E-state index contributed by atoms with van der Waals surface area (Å²) in [5.74, 6) is 0. The average molecular weight is 237 g/mol. The molecule has 0 unspecified atom stereocenters. The van der Waals surface area contributed by atoms with Gasteiger partial charge < -0.3 is 5.11 Å². The van der Waals surface area contributed by atoms with Gasteiger partial charge in [0.15, 0.2) is 0 Å². The van der Waals surface area contributed by atoms with Crippen LogP contribution in [0.4, 0.5) is 0 Å². The summed E-state index contributed by atoms with van der Waals surface area (Å²) in [6.45, 7) is 3.91. The summed E-state index contributed by atoms with van der Waals surface area (Å²) in [7, 11) is 0. The van der Waals surface area contributed by atoms with Gasteiger partial charge in [0.2, 0.25) is 0 Å². The van der Waals surface area contributed by atoms with E-state index in [1.165, 1.54) is 0 Å². The van der Waals surface area contributed by atoms with E-state index in [1.807, 2.05) is 38.1 Å². The van der Waals surface area contributed by atoms with Gasteiger partial charge in [-0.15, -0.1) is 0 Å². The lowest BCUT2D eigenvalue weighted by atomic mass is 10.2. The minimum absolute atomic E-state index is 0.0482. The van der Waals surface area contributed by atoms with Gasteiger partial charge in [0, 0.05) is 10.7 Å². The summed E-state index contributed by atoms with van der Waals surface area (Å²) in [5.41, 5.74) is 3.69. The lowest BCUT2D eigenvalue weighted by Gasteiger charge is -2.08. The van der Waals surface area contributed by atoms with Crippen LogP contribution in [0, 0.1) is 13.8 Å². The van der Waals surface area contributed by atoms with Crippen LogP contribution >= 0.6 is 11.6 Å². The topological polar surface area (TPSA) is 38.0 Å². The molecule has 3 nitrogen and oxygen atoms in total. The summed E-state index contributed by atoms with van der Waals surface area (Å²) in [4.78, 5) is 0. The highest BCUT2D eigenvalue weighted by Gasteiger charge is 2.08. The zero-order chi connectivity index (χ0) is 11.7. The third-order valence-electron chi connectivity index (χ3n) is 2.50. The number of aliphatic hydroxyl groups is 1. The molecule has 0 aliphatic carbocycles. The van der Waals surface area contributed by atoms with Crippen molar-refractivity contribution in [1.82, 2.24) is 9.78 Å². The van der Waals surface area contributed by atoms with Gasteiger partial charge in [0.05, 0.1) is 18.0 Å². The molecule has 2 rings (SSSR count). The molecule has 4 heteroatoms. The van der Waals surface area contributed by atoms with Crippen molar-refractivity contribution < 1.29 is 5.11 Å². The van der Waals surface area contributed by atoms with Crippen LogP contribution in [0.2, 0.25) is 5.02 Å². The van der Waals surface area contributed by atoms with E-state index in [9.17, 15) is 0 Å². The number of hydrogen-bond donors (Lipinski definition) is 1. The van der Waals surface area contributed by atoms with Crippen LogP contribution in [0.1, 0.15) is 17.0 Å². The molecule has 0 spiro atoms. The van der Waals surface area contributed by atoms with Gasteiger partial charge in [0.25, 0.3) is 0 Å². The third kappa shape index (κ3) is 1.96. The van der Waals surface area contributed by atoms with Crippen LogP contribution < -0.4 is 0 Å². The van der Waals surface area contributed by atoms with E-state index >= 15 is 0 Å². The Kier molecular flexibility index (Phi) is 2.99. The van der Waals surface area contributed by atoms with Crippen molar-refractivity contribution in [3.05, 3.63) is 46.2 Å². The Bertz CT molecular complexity index is 520. The predicted octanol–water partition coefficient (Wildman–Crippen LogP) is 2.63. The summed E-state index contributed by atoms with van der Waals surface area (Å²) >= 11 is 5.97. The Balaban J connectivity index is 2.57. The van der Waals surface area contributed by atoms with Gasteiger partial charge in [-0.2, -0.15) is 5.10 Å². The second kappa shape index (κ2) is 4.28. The molecule has 0 bridgehead atoms. The van der Waals surface area contributed by atoms with Gasteiger partial charge in [-0.25, -0.2) is 4.68 Å². The fourth-order valence-electron chi connectivity index (χ4n) is 1.67. The Morgan fingerprint density at radius 1 is 1.31 bits per heavy atom. The number of benzene rings is 1. The number of rotatable bonds is 2. The van der Waals surface area contributed by atoms with E-state index < -0.39 is 0 Å². The first-order valence-corrected chi connectivity index (χ1v) is 5.42. The second-order valence-corrected chi connectivity index (χ2v) is 4.21. The van der Waals surface area contributed by atoms with Gasteiger partial charge in [-0.3, -0.25) is 0 Å². The Morgan fingerprint density at radius 2 is 2.06 bits per heavy atom. The van der Waals surface area contributed by atoms with Crippen molar-refractivity contribution in [2.75, 3.05) is 0 Å². The molecule has 0 fully saturated rings. The molecular weight excluding hydrogens is 224 g/mol. The number of hydrogen-bond acceptors (Lipinski definition) is 2. The molecule has 1 aromatic carbocycles. The first-order chi connectivity index (χ1) is 7.61. The quantitative estimate of drug-likeness (QED) is 0.871. The van der Waals surface area contributed by atoms with Crippen molar-refractivity contribution in [2.45, 2.75) is 20.5 Å². The summed E-state index contributed by atoms with van der Waals surface area (Å²) in [6, 6.07) is 7.54. The average Bonchev–Trinajstić information content (AvgIpc) is 2.63. The maximum Gasteiger partial charge on any atom is 0.0886 e. The fraction of sp³-hybridized carbons (Fsp3) is 0.250. The molecule has 2 aromatic rings. The monoisotopic (exact) mass is 236 g/mol. The highest BCUT2D eigenvalue weighted by molar-refractivity contribution is 6.30. The Labute approximate surface area is 99.3 Å². The zero-order valence-corrected chi connectivity index (χ0v) is 9.99. The molecular formula is C12H13ClN2O. The molecule has 84 valence electrons. The van der Waals surface area contributed by atoms with E-state index in [0.29, 0.717) is 10.7 Å². The van der Waals surface area contributed by atoms with Crippen LogP contribution in [-0.2, 0) is 6.61 Å². The number of aliphatic hydroxyl groups excluding tert-OH is 1. The molecule has 0 saturated heterocycles. The largest absolute Gasteiger partial charge is 0.390 e. The molecule has 0 saturated carbocycles. The molecule has 1 heterocycles. The van der Waals surface area contributed by atoms with Gasteiger partial charge in [-0.05, 0) is 37.6 Å². The van der Waals surface area contributed by atoms with Crippen LogP contribution in [0.15, 0.2) is 24.3 Å². The molecule has 0 aliphatic heterocycles. The number of aromatic nitrogens is 2. The number of halogens is 1. The highest BCUT2D eigenvalue weighted by atomic mass is 35.5. The van der Waals surface area contributed by atoms with Crippen LogP contribution in [-0.4, -0.2) is 14.9 Å². The fourth-order valence-corrected chi connectivity index (χ4v) is 1.84. The summed E-state index contributed by atoms with van der Waals surface area (Å²) < 4.78 is 1.80. The van der Waals surface area contributed by atoms with E-state index in [4.69, 9.17) is 16.7 Å². The van der Waals surface area contributed by atoms with Crippen molar-refractivity contribution >= 4 is 11.6 Å². The maximum absolute atomic E-state index is 9.04. The number of nitrogens with zero attached hydrogens (tertiary/aromatic N) is 2. The summed E-state index contributed by atoms with van der Waals surface area (Å²) in [5, 5.41) is 14.0. The van der Waals surface area contributed by atoms with Gasteiger partial charge in [0.1, 0.15) is 0 Å². The lowest BCUT2D eigenvalue weighted by Crippen LogP contribution is -2.01. The first kappa shape index (κ1) is 11.2. The van der Waals surface area contributed by atoms with Crippen molar-refractivity contribution in [3.8, 4) is 5.69 Å². The minimum Gasteiger partial charge on any atom is -0.390 e. The highest BCUT2D eigenvalue weighted by Crippen LogP contribution is 2.20. The van der Waals surface area contributed by atoms with E-state index in [2.05, 4.69) is 5.10 Å². The minimum atomic E-state index is -0.0482. The Hall–Kier alpha value is -1.32. The van der Waals surface area contributed by atoms with Crippen molar-refractivity contribution in [1.29, 1.82) is 0 Å². The van der Waals surface area contributed by atoms with E-state index in [1.54, 1.807) is 4.68 Å². The van der Waals surface area contributed by atoms with Crippen molar-refractivity contribution in [3.63, 3.8) is 0 Å². The number of aryl methyl sites for hydroxylation is 2. The van der Waals surface area contributed by atoms with E-state index in [-0.39, 0.29) is 6.61 Å². The predicted molar refractivity (Wildman–Crippen MR) is 64.0 cm³/mol.